The van der Waals surface area contributed by atoms with Gasteiger partial charge in [0.05, 0.1) is 23.7 Å². The molecule has 384 valence electrons. The van der Waals surface area contributed by atoms with E-state index in [0.29, 0.717) is 41.6 Å². The number of ether oxygens (including phenoxy) is 4. The molecule has 0 spiro atoms. The molecule has 0 aliphatic carbocycles. The second-order valence-corrected chi connectivity index (χ2v) is 21.5. The van der Waals surface area contributed by atoms with E-state index in [1.54, 1.807) is 86.3 Å². The summed E-state index contributed by atoms with van der Waals surface area (Å²) in [5.41, 5.74) is -1.60. The summed E-state index contributed by atoms with van der Waals surface area (Å²) in [5.74, 6) is -2.53. The summed E-state index contributed by atoms with van der Waals surface area (Å²) < 4.78 is 64.0. The molecule has 4 amide bonds. The summed E-state index contributed by atoms with van der Waals surface area (Å²) in [6.45, 7) is 14.4. The van der Waals surface area contributed by atoms with Crippen LogP contribution in [0.2, 0.25) is 0 Å². The first-order chi connectivity index (χ1) is 33.7. The standard InChI is InChI=1S/C48H56N8O14S2/c1-46(2,3)67-44(60)51-43-49-34(28-71-43)37(40(57)50-39-41(58)56(48(39,7)8)70-72(62,63)64)52-69-36(42(59)66-38(30-16-12-10-13-17-30)31-18-14-11-15-19-31)27-65-33-20-21-35-32(22-33)26-55(53(35)9)25-29-23-54(24-29)45(61)68-47(4,5)6/h10-22,26,28-29,36,38-39H,23-25,27H2,1-9H3,(H2-,49,50,51,57,60,62,63,64)/p+1/b52-37-. The van der Waals surface area contributed by atoms with Crippen LogP contribution in [-0.4, -0.2) is 117 Å². The predicted octanol–water partition coefficient (Wildman–Crippen LogP) is 5.48. The maximum absolute atomic E-state index is 14.5. The lowest BCUT2D eigenvalue weighted by Crippen LogP contribution is -2.76. The zero-order chi connectivity index (χ0) is 52.3. The Bertz CT molecular complexity index is 2920. The molecule has 2 aliphatic heterocycles. The fourth-order valence-electron chi connectivity index (χ4n) is 7.67. The summed E-state index contributed by atoms with van der Waals surface area (Å²) in [7, 11) is -3.20. The third-order valence-electron chi connectivity index (χ3n) is 11.1. The molecule has 0 saturated carbocycles. The van der Waals surface area contributed by atoms with Gasteiger partial charge in [0.2, 0.25) is 5.52 Å². The highest BCUT2D eigenvalue weighted by Gasteiger charge is 2.58. The summed E-state index contributed by atoms with van der Waals surface area (Å²) in [4.78, 5) is 78.9. The molecule has 2 fully saturated rings. The van der Waals surface area contributed by atoms with E-state index in [1.807, 2.05) is 61.6 Å². The fourth-order valence-corrected chi connectivity index (χ4v) is 8.80. The largest absolute Gasteiger partial charge is 0.489 e. The molecule has 2 aliphatic rings. The number of oxime groups is 1. The number of nitrogens with one attached hydrogen (secondary N) is 2. The van der Waals surface area contributed by atoms with Crippen LogP contribution in [0.5, 0.6) is 5.75 Å². The minimum atomic E-state index is -5.12. The minimum Gasteiger partial charge on any atom is -0.489 e. The number of esters is 1. The lowest BCUT2D eigenvalue weighted by Gasteiger charge is -2.50. The average molecular weight is 1030 g/mol. The Kier molecular flexibility index (Phi) is 15.3. The van der Waals surface area contributed by atoms with Gasteiger partial charge < -0.3 is 34.0 Å². The van der Waals surface area contributed by atoms with E-state index in [0.717, 1.165) is 22.2 Å². The number of hydrogen-bond acceptors (Lipinski definition) is 16. The van der Waals surface area contributed by atoms with Crippen molar-refractivity contribution >= 4 is 73.5 Å². The number of aryl methyl sites for hydroxylation is 1. The Morgan fingerprint density at radius 1 is 0.944 bits per heavy atom. The Hall–Kier alpha value is -7.15. The van der Waals surface area contributed by atoms with Gasteiger partial charge in [-0.1, -0.05) is 65.8 Å². The predicted molar refractivity (Wildman–Crippen MR) is 260 cm³/mol. The molecule has 24 heteroatoms. The molecule has 3 aromatic carbocycles. The van der Waals surface area contributed by atoms with Crippen LogP contribution in [0.4, 0.5) is 14.7 Å². The molecule has 22 nitrogen and oxygen atoms in total. The van der Waals surface area contributed by atoms with Crippen molar-refractivity contribution in [3.8, 4) is 5.75 Å². The highest BCUT2D eigenvalue weighted by Crippen LogP contribution is 2.33. The number of anilines is 1. The molecule has 4 heterocycles. The van der Waals surface area contributed by atoms with Gasteiger partial charge in [-0.2, -0.15) is 18.2 Å². The number of rotatable bonds is 17. The van der Waals surface area contributed by atoms with Crippen molar-refractivity contribution in [2.75, 3.05) is 25.0 Å². The summed E-state index contributed by atoms with van der Waals surface area (Å²) >= 11 is 0.891. The topological polar surface area (TPSA) is 260 Å². The van der Waals surface area contributed by atoms with E-state index in [2.05, 4.69) is 25.1 Å². The highest BCUT2D eigenvalue weighted by molar-refractivity contribution is 7.80. The van der Waals surface area contributed by atoms with Gasteiger partial charge in [-0.05, 0) is 78.6 Å². The number of aromatic nitrogens is 3. The van der Waals surface area contributed by atoms with Crippen molar-refractivity contribution < 1.29 is 69.7 Å². The summed E-state index contributed by atoms with van der Waals surface area (Å²) in [6, 6.07) is 21.9. The van der Waals surface area contributed by atoms with E-state index < -0.39 is 81.6 Å². The summed E-state index contributed by atoms with van der Waals surface area (Å²) in [5, 5.41) is 11.6. The number of amides is 4. The van der Waals surface area contributed by atoms with Crippen molar-refractivity contribution in [1.82, 2.24) is 24.9 Å². The molecule has 2 aromatic heterocycles. The average Bonchev–Trinajstić information content (AvgIpc) is 3.87. The highest BCUT2D eigenvalue weighted by atomic mass is 32.3. The Labute approximate surface area is 419 Å². The number of benzene rings is 3. The maximum atomic E-state index is 14.5. The first kappa shape index (κ1) is 52.7. The zero-order valence-electron chi connectivity index (χ0n) is 41.1. The van der Waals surface area contributed by atoms with Crippen LogP contribution in [0.15, 0.2) is 95.6 Å². The van der Waals surface area contributed by atoms with Crippen LogP contribution in [0.1, 0.15) is 78.3 Å². The van der Waals surface area contributed by atoms with Crippen molar-refractivity contribution in [3.63, 3.8) is 0 Å². The molecule has 0 bridgehead atoms. The third-order valence-corrected chi connectivity index (χ3v) is 12.2. The minimum absolute atomic E-state index is 0.0199. The van der Waals surface area contributed by atoms with Gasteiger partial charge in [0.1, 0.15) is 35.3 Å². The molecule has 5 aromatic rings. The number of nitrogens with zero attached hydrogens (tertiary/aromatic N) is 6. The van der Waals surface area contributed by atoms with Crippen molar-refractivity contribution in [1.29, 1.82) is 0 Å². The first-order valence-electron chi connectivity index (χ1n) is 22.7. The molecular weight excluding hydrogens is 977 g/mol. The van der Waals surface area contributed by atoms with Gasteiger partial charge in [0, 0.05) is 30.5 Å². The van der Waals surface area contributed by atoms with E-state index in [1.165, 1.54) is 19.2 Å². The van der Waals surface area contributed by atoms with Crippen LogP contribution < -0.4 is 20.1 Å². The van der Waals surface area contributed by atoms with Crippen molar-refractivity contribution in [2.45, 2.75) is 96.9 Å². The Morgan fingerprint density at radius 3 is 2.15 bits per heavy atom. The fraction of sp³-hybridized carbons (Fsp3) is 0.417. The lowest BCUT2D eigenvalue weighted by atomic mass is 9.84. The van der Waals surface area contributed by atoms with Crippen LogP contribution in [0.3, 0.4) is 0 Å². The van der Waals surface area contributed by atoms with Gasteiger partial charge in [-0.25, -0.2) is 19.4 Å². The molecule has 2 atom stereocenters. The van der Waals surface area contributed by atoms with Crippen LogP contribution in [0, 0.1) is 5.92 Å². The van der Waals surface area contributed by atoms with E-state index >= 15 is 0 Å². The maximum Gasteiger partial charge on any atom is 0.418 e. The third kappa shape index (κ3) is 13.0. The lowest BCUT2D eigenvalue weighted by molar-refractivity contribution is -0.731. The van der Waals surface area contributed by atoms with Crippen LogP contribution in [-0.2, 0) is 61.7 Å². The number of β-lactam (4-membered cyclic amide) rings is 1. The number of hydrogen-bond donors (Lipinski definition) is 3. The molecule has 7 rings (SSSR count). The zero-order valence-corrected chi connectivity index (χ0v) is 42.7. The monoisotopic (exact) mass is 1030 g/mol. The molecule has 3 N–H and O–H groups in total. The van der Waals surface area contributed by atoms with Gasteiger partial charge in [0.25, 0.3) is 17.9 Å². The van der Waals surface area contributed by atoms with Crippen molar-refractivity contribution in [2.24, 2.45) is 18.1 Å². The van der Waals surface area contributed by atoms with E-state index in [4.69, 9.17) is 23.8 Å². The first-order valence-corrected chi connectivity index (χ1v) is 24.9. The SMILES string of the molecule is C[n+]1c2ccc(OCC(O/N=C(\C(=O)NC3C(=O)N(OS(=O)(=O)O)C3(C)C)c3csc(NC(=O)OC(C)(C)C)n3)C(=O)OC(c3ccccc3)c3ccccc3)cc2cn1CC1CN(C(=O)OC(C)(C)C)C1. The quantitative estimate of drug-likeness (QED) is 0.0198. The second kappa shape index (κ2) is 20.9. The van der Waals surface area contributed by atoms with Gasteiger partial charge in [0.15, 0.2) is 24.0 Å². The molecule has 0 radical (unpaired) electrons. The van der Waals surface area contributed by atoms with E-state index in [-0.39, 0.29) is 22.8 Å². The number of fused-ring (bicyclic) bond motifs is 1. The molecule has 2 unspecified atom stereocenters. The van der Waals surface area contributed by atoms with Gasteiger partial charge >= 0.3 is 28.6 Å². The number of likely N-dealkylation sites (tertiary alicyclic amines) is 1. The summed E-state index contributed by atoms with van der Waals surface area (Å²) in [6.07, 6.45) is -1.85. The normalized spacial score (nSPS) is 16.6. The number of carbonyl (C=O) groups excluding carboxylic acids is 5. The smallest absolute Gasteiger partial charge is 0.418 e. The molecule has 2 saturated heterocycles. The van der Waals surface area contributed by atoms with Crippen LogP contribution in [0.25, 0.3) is 10.9 Å². The number of hydroxylamine groups is 2. The number of thiazole rings is 1. The Balaban J connectivity index is 1.17. The van der Waals surface area contributed by atoms with E-state index in [9.17, 15) is 36.9 Å². The Morgan fingerprint density at radius 2 is 1.57 bits per heavy atom. The molecular formula is C48H57N8O14S2+. The second-order valence-electron chi connectivity index (χ2n) is 19.6. The van der Waals surface area contributed by atoms with Crippen LogP contribution >= 0.6 is 11.3 Å². The molecule has 72 heavy (non-hydrogen) atoms. The van der Waals surface area contributed by atoms with Gasteiger partial charge in [-0.15, -0.1) is 20.3 Å². The number of carbonyl (C=O) groups is 5. The van der Waals surface area contributed by atoms with Crippen molar-refractivity contribution in [3.05, 3.63) is 107 Å². The van der Waals surface area contributed by atoms with Gasteiger partial charge in [-0.3, -0.25) is 19.5 Å².